The van der Waals surface area contributed by atoms with E-state index in [2.05, 4.69) is 5.32 Å². The molecule has 4 heteroatoms. The standard InChI is InChI=1S/C14H25NO3/c1-2-3-9-12(14(17)18)15-13(16)10-11-7-5-4-6-8-11/h11-12H,2-10H2,1H3,(H,15,16)(H,17,18)/t12-/m0/s1. The minimum Gasteiger partial charge on any atom is -0.480 e. The van der Waals surface area contributed by atoms with E-state index in [4.69, 9.17) is 5.11 Å². The highest BCUT2D eigenvalue weighted by Gasteiger charge is 2.22. The molecular weight excluding hydrogens is 230 g/mol. The van der Waals surface area contributed by atoms with Crippen LogP contribution in [0.15, 0.2) is 0 Å². The molecule has 0 aliphatic heterocycles. The number of aliphatic carboxylic acids is 1. The summed E-state index contributed by atoms with van der Waals surface area (Å²) >= 11 is 0. The maximum absolute atomic E-state index is 11.8. The fourth-order valence-electron chi connectivity index (χ4n) is 2.57. The number of hydrogen-bond donors (Lipinski definition) is 2. The highest BCUT2D eigenvalue weighted by atomic mass is 16.4. The zero-order valence-corrected chi connectivity index (χ0v) is 11.3. The molecule has 0 aromatic heterocycles. The Kier molecular flexibility index (Phi) is 6.76. The molecule has 1 fully saturated rings. The van der Waals surface area contributed by atoms with E-state index >= 15 is 0 Å². The molecular formula is C14H25NO3. The molecule has 0 spiro atoms. The third kappa shape index (κ3) is 5.52. The van der Waals surface area contributed by atoms with Gasteiger partial charge in [0.15, 0.2) is 0 Å². The van der Waals surface area contributed by atoms with Gasteiger partial charge in [0.25, 0.3) is 0 Å². The fraction of sp³-hybridized carbons (Fsp3) is 0.857. The smallest absolute Gasteiger partial charge is 0.326 e. The number of unbranched alkanes of at least 4 members (excludes halogenated alkanes) is 1. The molecule has 1 aliphatic rings. The molecule has 0 bridgehead atoms. The summed E-state index contributed by atoms with van der Waals surface area (Å²) in [4.78, 5) is 22.8. The summed E-state index contributed by atoms with van der Waals surface area (Å²) in [5, 5.41) is 11.7. The van der Waals surface area contributed by atoms with Crippen LogP contribution in [0.1, 0.15) is 64.7 Å². The number of amides is 1. The second kappa shape index (κ2) is 8.11. The molecule has 0 saturated heterocycles. The first-order valence-electron chi connectivity index (χ1n) is 7.15. The van der Waals surface area contributed by atoms with Gasteiger partial charge in [-0.3, -0.25) is 4.79 Å². The van der Waals surface area contributed by atoms with Crippen LogP contribution in [0.2, 0.25) is 0 Å². The first kappa shape index (κ1) is 15.0. The van der Waals surface area contributed by atoms with Gasteiger partial charge in [-0.15, -0.1) is 0 Å². The molecule has 1 rings (SSSR count). The van der Waals surface area contributed by atoms with E-state index in [9.17, 15) is 9.59 Å². The SMILES string of the molecule is CCCC[C@H](NC(=O)CC1CCCCC1)C(=O)O. The van der Waals surface area contributed by atoms with Gasteiger partial charge in [-0.2, -0.15) is 0 Å². The summed E-state index contributed by atoms with van der Waals surface area (Å²) in [6.45, 7) is 2.02. The van der Waals surface area contributed by atoms with Crippen LogP contribution in [0.25, 0.3) is 0 Å². The predicted molar refractivity (Wildman–Crippen MR) is 70.3 cm³/mol. The van der Waals surface area contributed by atoms with Gasteiger partial charge >= 0.3 is 5.97 Å². The van der Waals surface area contributed by atoms with Crippen LogP contribution in [0, 0.1) is 5.92 Å². The second-order valence-corrected chi connectivity index (χ2v) is 5.31. The van der Waals surface area contributed by atoms with Gasteiger partial charge in [0.1, 0.15) is 6.04 Å². The molecule has 104 valence electrons. The average molecular weight is 255 g/mol. The van der Waals surface area contributed by atoms with Gasteiger partial charge in [0, 0.05) is 6.42 Å². The topological polar surface area (TPSA) is 66.4 Å². The Morgan fingerprint density at radius 3 is 2.50 bits per heavy atom. The van der Waals surface area contributed by atoms with E-state index in [-0.39, 0.29) is 5.91 Å². The Labute approximate surface area is 109 Å². The van der Waals surface area contributed by atoms with Crippen LogP contribution in [0.5, 0.6) is 0 Å². The number of carboxylic acid groups (broad SMARTS) is 1. The van der Waals surface area contributed by atoms with Crippen LogP contribution >= 0.6 is 0 Å². The molecule has 1 atom stereocenters. The summed E-state index contributed by atoms with van der Waals surface area (Å²) in [7, 11) is 0. The van der Waals surface area contributed by atoms with Crippen molar-refractivity contribution in [3.63, 3.8) is 0 Å². The van der Waals surface area contributed by atoms with E-state index in [1.54, 1.807) is 0 Å². The van der Waals surface area contributed by atoms with Gasteiger partial charge < -0.3 is 10.4 Å². The van der Waals surface area contributed by atoms with Gasteiger partial charge in [0.05, 0.1) is 0 Å². The van der Waals surface area contributed by atoms with Crippen molar-refractivity contribution in [1.82, 2.24) is 5.32 Å². The van der Waals surface area contributed by atoms with E-state index in [0.29, 0.717) is 18.8 Å². The van der Waals surface area contributed by atoms with Crippen molar-refractivity contribution in [3.05, 3.63) is 0 Å². The van der Waals surface area contributed by atoms with Crippen molar-refractivity contribution in [2.75, 3.05) is 0 Å². The Bertz CT molecular complexity index is 272. The van der Waals surface area contributed by atoms with Crippen LogP contribution in [0.3, 0.4) is 0 Å². The lowest BCUT2D eigenvalue weighted by molar-refractivity contribution is -0.142. The van der Waals surface area contributed by atoms with Gasteiger partial charge in [0.2, 0.25) is 5.91 Å². The minimum absolute atomic E-state index is 0.0922. The monoisotopic (exact) mass is 255 g/mol. The summed E-state index contributed by atoms with van der Waals surface area (Å²) < 4.78 is 0. The molecule has 0 aromatic carbocycles. The minimum atomic E-state index is -0.916. The highest BCUT2D eigenvalue weighted by molar-refractivity contribution is 5.83. The molecule has 0 aromatic rings. The van der Waals surface area contributed by atoms with Crippen molar-refractivity contribution >= 4 is 11.9 Å². The number of carbonyl (C=O) groups excluding carboxylic acids is 1. The molecule has 18 heavy (non-hydrogen) atoms. The van der Waals surface area contributed by atoms with Crippen LogP contribution in [-0.2, 0) is 9.59 Å². The van der Waals surface area contributed by atoms with Gasteiger partial charge in [-0.05, 0) is 25.2 Å². The molecule has 1 saturated carbocycles. The van der Waals surface area contributed by atoms with Crippen molar-refractivity contribution in [2.24, 2.45) is 5.92 Å². The summed E-state index contributed by atoms with van der Waals surface area (Å²) in [5.74, 6) is -0.551. The number of hydrogen-bond acceptors (Lipinski definition) is 2. The molecule has 0 unspecified atom stereocenters. The van der Waals surface area contributed by atoms with Crippen LogP contribution in [0.4, 0.5) is 0 Å². The zero-order chi connectivity index (χ0) is 13.4. The number of nitrogens with one attached hydrogen (secondary N) is 1. The quantitative estimate of drug-likeness (QED) is 0.735. The van der Waals surface area contributed by atoms with Gasteiger partial charge in [-0.25, -0.2) is 4.79 Å². The maximum Gasteiger partial charge on any atom is 0.326 e. The third-order valence-electron chi connectivity index (χ3n) is 3.68. The molecule has 4 nitrogen and oxygen atoms in total. The summed E-state index contributed by atoms with van der Waals surface area (Å²) in [6.07, 6.45) is 8.71. The van der Waals surface area contributed by atoms with Crippen LogP contribution in [-0.4, -0.2) is 23.0 Å². The lowest BCUT2D eigenvalue weighted by Crippen LogP contribution is -2.41. The van der Waals surface area contributed by atoms with Crippen molar-refractivity contribution in [2.45, 2.75) is 70.8 Å². The first-order valence-corrected chi connectivity index (χ1v) is 7.15. The van der Waals surface area contributed by atoms with E-state index in [1.165, 1.54) is 19.3 Å². The van der Waals surface area contributed by atoms with E-state index < -0.39 is 12.0 Å². The zero-order valence-electron chi connectivity index (χ0n) is 11.3. The number of carboxylic acids is 1. The number of rotatable bonds is 7. The molecule has 1 amide bonds. The molecule has 2 N–H and O–H groups in total. The van der Waals surface area contributed by atoms with Gasteiger partial charge in [-0.1, -0.05) is 39.0 Å². The van der Waals surface area contributed by atoms with E-state index in [1.807, 2.05) is 6.92 Å². The Balaban J connectivity index is 2.32. The molecule has 0 heterocycles. The maximum atomic E-state index is 11.8. The Morgan fingerprint density at radius 2 is 1.94 bits per heavy atom. The van der Waals surface area contributed by atoms with E-state index in [0.717, 1.165) is 25.7 Å². The van der Waals surface area contributed by atoms with Crippen molar-refractivity contribution in [1.29, 1.82) is 0 Å². The molecule has 0 radical (unpaired) electrons. The normalized spacial score (nSPS) is 18.3. The Hall–Kier alpha value is -1.06. The van der Waals surface area contributed by atoms with Crippen molar-refractivity contribution in [3.8, 4) is 0 Å². The largest absolute Gasteiger partial charge is 0.480 e. The third-order valence-corrected chi connectivity index (χ3v) is 3.68. The first-order chi connectivity index (χ1) is 8.63. The Morgan fingerprint density at radius 1 is 1.28 bits per heavy atom. The average Bonchev–Trinajstić information content (AvgIpc) is 2.35. The van der Waals surface area contributed by atoms with Crippen LogP contribution < -0.4 is 5.32 Å². The summed E-state index contributed by atoms with van der Waals surface area (Å²) in [6, 6.07) is -0.707. The second-order valence-electron chi connectivity index (χ2n) is 5.31. The lowest BCUT2D eigenvalue weighted by Gasteiger charge is -2.22. The highest BCUT2D eigenvalue weighted by Crippen LogP contribution is 2.26. The lowest BCUT2D eigenvalue weighted by atomic mass is 9.87. The number of carbonyl (C=O) groups is 2. The van der Waals surface area contributed by atoms with Crippen molar-refractivity contribution < 1.29 is 14.7 Å². The predicted octanol–water partition coefficient (Wildman–Crippen LogP) is 2.72. The summed E-state index contributed by atoms with van der Waals surface area (Å²) in [5.41, 5.74) is 0. The fourth-order valence-corrected chi connectivity index (χ4v) is 2.57. The molecule has 1 aliphatic carbocycles.